The Bertz CT molecular complexity index is 746. The van der Waals surface area contributed by atoms with E-state index in [1.54, 1.807) is 24.8 Å². The number of hydrogen-bond donors (Lipinski definition) is 0. The summed E-state index contributed by atoms with van der Waals surface area (Å²) in [5.74, 6) is 1.03. The Kier molecular flexibility index (Phi) is 4.56. The molecule has 1 amide bonds. The van der Waals surface area contributed by atoms with Crippen molar-refractivity contribution in [2.45, 2.75) is 12.8 Å². The van der Waals surface area contributed by atoms with Gasteiger partial charge >= 0.3 is 0 Å². The first-order valence-electron chi connectivity index (χ1n) is 8.67. The summed E-state index contributed by atoms with van der Waals surface area (Å²) in [4.78, 5) is 29.9. The van der Waals surface area contributed by atoms with Crippen LogP contribution < -0.4 is 4.90 Å². The molecule has 2 aromatic heterocycles. The summed E-state index contributed by atoms with van der Waals surface area (Å²) in [7, 11) is 0. The van der Waals surface area contributed by atoms with Gasteiger partial charge < -0.3 is 14.5 Å². The number of fused-ring (bicyclic) bond motifs is 1. The van der Waals surface area contributed by atoms with Gasteiger partial charge in [-0.1, -0.05) is 0 Å². The van der Waals surface area contributed by atoms with Crippen molar-refractivity contribution in [1.82, 2.24) is 19.9 Å². The quantitative estimate of drug-likeness (QED) is 0.811. The van der Waals surface area contributed by atoms with Gasteiger partial charge in [0.1, 0.15) is 12.1 Å². The van der Waals surface area contributed by atoms with Gasteiger partial charge in [0, 0.05) is 50.6 Å². The lowest BCUT2D eigenvalue weighted by Crippen LogP contribution is -2.37. The molecule has 130 valence electrons. The lowest BCUT2D eigenvalue weighted by molar-refractivity contribution is 0.0762. The van der Waals surface area contributed by atoms with Gasteiger partial charge in [-0.05, 0) is 18.6 Å². The molecule has 1 saturated heterocycles. The highest BCUT2D eigenvalue weighted by atomic mass is 16.5. The van der Waals surface area contributed by atoms with Crippen molar-refractivity contribution in [3.63, 3.8) is 0 Å². The minimum Gasteiger partial charge on any atom is -0.378 e. The molecule has 0 spiro atoms. The lowest BCUT2D eigenvalue weighted by Gasteiger charge is -2.29. The van der Waals surface area contributed by atoms with Crippen LogP contribution in [0.5, 0.6) is 0 Å². The van der Waals surface area contributed by atoms with Crippen LogP contribution in [0.3, 0.4) is 0 Å². The van der Waals surface area contributed by atoms with Gasteiger partial charge in [-0.2, -0.15) is 0 Å². The van der Waals surface area contributed by atoms with Crippen molar-refractivity contribution in [2.75, 3.05) is 44.3 Å². The molecular weight excluding hydrogens is 318 g/mol. The molecule has 7 nitrogen and oxygen atoms in total. The zero-order valence-corrected chi connectivity index (χ0v) is 14.1. The zero-order chi connectivity index (χ0) is 17.1. The van der Waals surface area contributed by atoms with Gasteiger partial charge in [0.15, 0.2) is 0 Å². The average Bonchev–Trinajstić information content (AvgIpc) is 2.91. The fourth-order valence-electron chi connectivity index (χ4n) is 3.43. The predicted molar refractivity (Wildman–Crippen MR) is 92.6 cm³/mol. The number of hydrogen-bond acceptors (Lipinski definition) is 6. The SMILES string of the molecule is O=C(c1cccnc1)N1CCc2ncnc(N3CCOCC3)c2CC1. The van der Waals surface area contributed by atoms with E-state index in [0.717, 1.165) is 50.7 Å². The second-order valence-corrected chi connectivity index (χ2v) is 6.26. The van der Waals surface area contributed by atoms with E-state index in [2.05, 4.69) is 19.9 Å². The van der Waals surface area contributed by atoms with Crippen molar-refractivity contribution in [2.24, 2.45) is 0 Å². The first-order valence-corrected chi connectivity index (χ1v) is 8.67. The zero-order valence-electron chi connectivity index (χ0n) is 14.1. The summed E-state index contributed by atoms with van der Waals surface area (Å²) in [5.41, 5.74) is 2.86. The molecule has 0 saturated carbocycles. The third-order valence-electron chi connectivity index (χ3n) is 4.77. The molecule has 1 fully saturated rings. The number of amides is 1. The van der Waals surface area contributed by atoms with E-state index in [4.69, 9.17) is 4.74 Å². The Morgan fingerprint density at radius 2 is 1.92 bits per heavy atom. The van der Waals surface area contributed by atoms with Crippen molar-refractivity contribution < 1.29 is 9.53 Å². The van der Waals surface area contributed by atoms with Gasteiger partial charge in [-0.15, -0.1) is 0 Å². The Morgan fingerprint density at radius 3 is 2.72 bits per heavy atom. The highest BCUT2D eigenvalue weighted by molar-refractivity contribution is 5.93. The summed E-state index contributed by atoms with van der Waals surface area (Å²) in [6, 6.07) is 3.61. The molecule has 2 aliphatic heterocycles. The summed E-state index contributed by atoms with van der Waals surface area (Å²) < 4.78 is 5.44. The Hall–Kier alpha value is -2.54. The van der Waals surface area contributed by atoms with Gasteiger partial charge in [0.05, 0.1) is 24.5 Å². The van der Waals surface area contributed by atoms with Crippen LogP contribution in [0.4, 0.5) is 5.82 Å². The second kappa shape index (κ2) is 7.14. The maximum absolute atomic E-state index is 12.7. The van der Waals surface area contributed by atoms with E-state index >= 15 is 0 Å². The number of nitrogens with zero attached hydrogens (tertiary/aromatic N) is 5. The molecule has 0 bridgehead atoms. The largest absolute Gasteiger partial charge is 0.378 e. The van der Waals surface area contributed by atoms with Crippen molar-refractivity contribution in [3.8, 4) is 0 Å². The number of anilines is 1. The van der Waals surface area contributed by atoms with E-state index in [1.807, 2.05) is 11.0 Å². The summed E-state index contributed by atoms with van der Waals surface area (Å²) in [5, 5.41) is 0. The third-order valence-corrected chi connectivity index (χ3v) is 4.77. The Morgan fingerprint density at radius 1 is 1.08 bits per heavy atom. The van der Waals surface area contributed by atoms with Crippen LogP contribution in [0.15, 0.2) is 30.9 Å². The Labute approximate surface area is 146 Å². The van der Waals surface area contributed by atoms with Crippen molar-refractivity contribution in [3.05, 3.63) is 47.7 Å². The fourth-order valence-corrected chi connectivity index (χ4v) is 3.43. The molecule has 0 N–H and O–H groups in total. The number of pyridine rings is 1. The molecular formula is C18H21N5O2. The van der Waals surface area contributed by atoms with Gasteiger partial charge in [0.2, 0.25) is 0 Å². The fraction of sp³-hybridized carbons (Fsp3) is 0.444. The highest BCUT2D eigenvalue weighted by Crippen LogP contribution is 2.24. The molecule has 25 heavy (non-hydrogen) atoms. The smallest absolute Gasteiger partial charge is 0.255 e. The number of ether oxygens (including phenoxy) is 1. The number of carbonyl (C=O) groups is 1. The third kappa shape index (κ3) is 3.32. The molecule has 0 radical (unpaired) electrons. The number of rotatable bonds is 2. The normalized spacial score (nSPS) is 17.8. The maximum Gasteiger partial charge on any atom is 0.255 e. The number of aromatic nitrogens is 3. The minimum absolute atomic E-state index is 0.0294. The average molecular weight is 339 g/mol. The minimum atomic E-state index is 0.0294. The van der Waals surface area contributed by atoms with Crippen LogP contribution >= 0.6 is 0 Å². The summed E-state index contributed by atoms with van der Waals surface area (Å²) >= 11 is 0. The van der Waals surface area contributed by atoms with Crippen LogP contribution in [0.1, 0.15) is 21.6 Å². The van der Waals surface area contributed by atoms with Crippen molar-refractivity contribution in [1.29, 1.82) is 0 Å². The number of carbonyl (C=O) groups excluding carboxylic acids is 1. The monoisotopic (exact) mass is 339 g/mol. The van der Waals surface area contributed by atoms with E-state index in [-0.39, 0.29) is 5.91 Å². The van der Waals surface area contributed by atoms with E-state index in [0.29, 0.717) is 18.7 Å². The molecule has 2 aliphatic rings. The highest BCUT2D eigenvalue weighted by Gasteiger charge is 2.25. The van der Waals surface area contributed by atoms with Crippen LogP contribution in [-0.2, 0) is 17.6 Å². The lowest BCUT2D eigenvalue weighted by atomic mass is 10.1. The van der Waals surface area contributed by atoms with Gasteiger partial charge in [-0.25, -0.2) is 9.97 Å². The first-order chi connectivity index (χ1) is 12.3. The van der Waals surface area contributed by atoms with Crippen LogP contribution in [0.2, 0.25) is 0 Å². The molecule has 7 heteroatoms. The molecule has 0 unspecified atom stereocenters. The van der Waals surface area contributed by atoms with Crippen molar-refractivity contribution >= 4 is 11.7 Å². The molecule has 0 aromatic carbocycles. The predicted octanol–water partition coefficient (Wildman–Crippen LogP) is 0.949. The van der Waals surface area contributed by atoms with Crippen LogP contribution in [0.25, 0.3) is 0 Å². The van der Waals surface area contributed by atoms with E-state index in [1.165, 1.54) is 5.56 Å². The van der Waals surface area contributed by atoms with Gasteiger partial charge in [-0.3, -0.25) is 9.78 Å². The molecule has 0 atom stereocenters. The number of morpholine rings is 1. The van der Waals surface area contributed by atoms with Gasteiger partial charge in [0.25, 0.3) is 5.91 Å². The second-order valence-electron chi connectivity index (χ2n) is 6.26. The summed E-state index contributed by atoms with van der Waals surface area (Å²) in [6.45, 7) is 4.49. The summed E-state index contributed by atoms with van der Waals surface area (Å²) in [6.07, 6.45) is 6.47. The molecule has 0 aliphatic carbocycles. The van der Waals surface area contributed by atoms with E-state index in [9.17, 15) is 4.79 Å². The maximum atomic E-state index is 12.7. The molecule has 4 rings (SSSR count). The topological polar surface area (TPSA) is 71.5 Å². The molecule has 2 aromatic rings. The standard InChI is InChI=1S/C18H21N5O2/c24-18(14-2-1-5-19-12-14)23-6-3-15-16(4-7-23)20-13-21-17(15)22-8-10-25-11-9-22/h1-2,5,12-13H,3-4,6-11H2. The van der Waals surface area contributed by atoms with Crippen LogP contribution in [-0.4, -0.2) is 65.2 Å². The Balaban J connectivity index is 1.55. The first kappa shape index (κ1) is 16.0. The molecule has 4 heterocycles. The van der Waals surface area contributed by atoms with E-state index < -0.39 is 0 Å². The van der Waals surface area contributed by atoms with Crippen LogP contribution in [0, 0.1) is 0 Å².